The van der Waals surface area contributed by atoms with E-state index in [0.717, 1.165) is 57.3 Å². The molecular formula is C31H28ClN3O2S. The van der Waals surface area contributed by atoms with Crippen molar-refractivity contribution in [1.82, 2.24) is 9.80 Å². The molecule has 38 heavy (non-hydrogen) atoms. The van der Waals surface area contributed by atoms with Gasteiger partial charge in [-0.3, -0.25) is 4.90 Å². The number of likely N-dealkylation sites (N-methyl/N-ethyl adjacent to an activating group) is 1. The topological polar surface area (TPSA) is 37.3 Å². The zero-order valence-corrected chi connectivity index (χ0v) is 23.1. The van der Waals surface area contributed by atoms with E-state index in [1.54, 1.807) is 26.0 Å². The normalized spacial score (nSPS) is 20.2. The van der Waals surface area contributed by atoms with Crippen LogP contribution in [0.15, 0.2) is 100 Å². The lowest BCUT2D eigenvalue weighted by molar-refractivity contribution is 0.344. The summed E-state index contributed by atoms with van der Waals surface area (Å²) in [5.74, 6) is 1.70. The van der Waals surface area contributed by atoms with E-state index in [1.807, 2.05) is 36.4 Å². The summed E-state index contributed by atoms with van der Waals surface area (Å²) in [5.41, 5.74) is 8.17. The number of methoxy groups -OCH3 is 2. The summed E-state index contributed by atoms with van der Waals surface area (Å²) >= 11 is 7.89. The fourth-order valence-electron chi connectivity index (χ4n) is 5.24. The number of rotatable bonds is 5. The molecular weight excluding hydrogens is 514 g/mol. The molecule has 0 aromatic heterocycles. The molecule has 3 aliphatic heterocycles. The number of hydrogen-bond acceptors (Lipinski definition) is 6. The Morgan fingerprint density at radius 2 is 1.55 bits per heavy atom. The summed E-state index contributed by atoms with van der Waals surface area (Å²) in [4.78, 5) is 10.0. The first kappa shape index (κ1) is 24.9. The van der Waals surface area contributed by atoms with Gasteiger partial charge in [0.05, 0.1) is 31.7 Å². The highest BCUT2D eigenvalue weighted by atomic mass is 35.5. The standard InChI is InChI=1S/C31H28ClN3O2S/c1-34-17-23(16-20-4-12-25(36-2)13-5-20)29-27(18-34)30(22-8-14-26(37-3)15-9-22)35-28(19-38-31(35)33-29)21-6-10-24(32)11-7-21/h4-16,19,30H,17-18H2,1-3H3/b23-16+. The molecule has 0 bridgehead atoms. The van der Waals surface area contributed by atoms with E-state index in [4.69, 9.17) is 26.1 Å². The Bertz CT molecular complexity index is 1480. The summed E-state index contributed by atoms with van der Waals surface area (Å²) in [6.45, 7) is 1.66. The van der Waals surface area contributed by atoms with E-state index in [2.05, 4.69) is 64.7 Å². The van der Waals surface area contributed by atoms with Gasteiger partial charge >= 0.3 is 0 Å². The van der Waals surface area contributed by atoms with Crippen molar-refractivity contribution in [3.8, 4) is 11.5 Å². The molecule has 0 saturated carbocycles. The summed E-state index contributed by atoms with van der Waals surface area (Å²) in [6.07, 6.45) is 2.25. The van der Waals surface area contributed by atoms with Gasteiger partial charge in [0.15, 0.2) is 5.17 Å². The maximum absolute atomic E-state index is 6.22. The highest BCUT2D eigenvalue weighted by molar-refractivity contribution is 8.16. The molecule has 3 aromatic carbocycles. The number of benzene rings is 3. The van der Waals surface area contributed by atoms with Gasteiger partial charge < -0.3 is 14.4 Å². The van der Waals surface area contributed by atoms with Gasteiger partial charge in [0.1, 0.15) is 11.5 Å². The van der Waals surface area contributed by atoms with Crippen molar-refractivity contribution in [3.05, 3.63) is 117 Å². The third-order valence-electron chi connectivity index (χ3n) is 7.05. The number of nitrogens with zero attached hydrogens (tertiary/aromatic N) is 3. The van der Waals surface area contributed by atoms with Crippen LogP contribution in [0.25, 0.3) is 11.8 Å². The van der Waals surface area contributed by atoms with E-state index < -0.39 is 0 Å². The van der Waals surface area contributed by atoms with Gasteiger partial charge in [-0.25, -0.2) is 4.99 Å². The van der Waals surface area contributed by atoms with Crippen LogP contribution in [-0.4, -0.2) is 49.3 Å². The van der Waals surface area contributed by atoms with Crippen LogP contribution in [0.4, 0.5) is 0 Å². The first-order valence-electron chi connectivity index (χ1n) is 12.5. The average Bonchev–Trinajstić information content (AvgIpc) is 3.36. The van der Waals surface area contributed by atoms with E-state index >= 15 is 0 Å². The van der Waals surface area contributed by atoms with Crippen LogP contribution >= 0.6 is 23.4 Å². The zero-order valence-electron chi connectivity index (χ0n) is 21.5. The Labute approximate surface area is 232 Å². The first-order valence-corrected chi connectivity index (χ1v) is 13.7. The number of halogens is 1. The number of fused-ring (bicyclic) bond motifs is 1. The molecule has 6 rings (SSSR count). The van der Waals surface area contributed by atoms with Crippen LogP contribution in [0.5, 0.6) is 11.5 Å². The predicted molar refractivity (Wildman–Crippen MR) is 158 cm³/mol. The third kappa shape index (κ3) is 4.64. The molecule has 7 heteroatoms. The lowest BCUT2D eigenvalue weighted by Crippen LogP contribution is -2.40. The van der Waals surface area contributed by atoms with Gasteiger partial charge in [-0.1, -0.05) is 59.8 Å². The van der Waals surface area contributed by atoms with Crippen LogP contribution in [0.1, 0.15) is 22.7 Å². The SMILES string of the molecule is COc1ccc(/C=C2\CN(C)CC3=C2N=C2SC=C(c4ccc(Cl)cc4)N2C3c2ccc(OC)cc2)cc1. The van der Waals surface area contributed by atoms with E-state index in [1.165, 1.54) is 16.7 Å². The molecule has 5 nitrogen and oxygen atoms in total. The quantitative estimate of drug-likeness (QED) is 0.344. The minimum Gasteiger partial charge on any atom is -0.497 e. The van der Waals surface area contributed by atoms with Crippen molar-refractivity contribution in [3.63, 3.8) is 0 Å². The van der Waals surface area contributed by atoms with Crippen LogP contribution in [0, 0.1) is 0 Å². The fourth-order valence-corrected chi connectivity index (χ4v) is 6.29. The minimum absolute atomic E-state index is 0.00218. The molecule has 192 valence electrons. The average molecular weight is 542 g/mol. The minimum atomic E-state index is 0.00218. The molecule has 0 spiro atoms. The number of aliphatic imine (C=N–C) groups is 1. The van der Waals surface area contributed by atoms with Crippen LogP contribution in [0.2, 0.25) is 5.02 Å². The van der Waals surface area contributed by atoms with Crippen molar-refractivity contribution in [2.24, 2.45) is 4.99 Å². The second kappa shape index (κ2) is 10.4. The molecule has 0 fully saturated rings. The fraction of sp³-hybridized carbons (Fsp3) is 0.194. The monoisotopic (exact) mass is 541 g/mol. The zero-order chi connectivity index (χ0) is 26.2. The Balaban J connectivity index is 1.48. The lowest BCUT2D eigenvalue weighted by Gasteiger charge is -2.42. The van der Waals surface area contributed by atoms with Crippen LogP contribution < -0.4 is 9.47 Å². The molecule has 0 saturated heterocycles. The largest absolute Gasteiger partial charge is 0.497 e. The summed E-state index contributed by atoms with van der Waals surface area (Å²) in [5, 5.41) is 3.92. The number of ether oxygens (including phenoxy) is 2. The Kier molecular flexibility index (Phi) is 6.78. The summed E-state index contributed by atoms with van der Waals surface area (Å²) in [7, 11) is 5.56. The van der Waals surface area contributed by atoms with Gasteiger partial charge in [-0.15, -0.1) is 0 Å². The molecule has 3 aromatic rings. The molecule has 0 radical (unpaired) electrons. The molecule has 3 aliphatic rings. The van der Waals surface area contributed by atoms with E-state index in [-0.39, 0.29) is 6.04 Å². The van der Waals surface area contributed by atoms with Crippen molar-refractivity contribution < 1.29 is 9.47 Å². The number of thioether (sulfide) groups is 1. The smallest absolute Gasteiger partial charge is 0.174 e. The van der Waals surface area contributed by atoms with Gasteiger partial charge in [0, 0.05) is 23.5 Å². The summed E-state index contributed by atoms with van der Waals surface area (Å²) in [6, 6.07) is 24.6. The molecule has 0 aliphatic carbocycles. The highest BCUT2D eigenvalue weighted by Gasteiger charge is 2.41. The van der Waals surface area contributed by atoms with Crippen molar-refractivity contribution in [2.45, 2.75) is 6.04 Å². The molecule has 0 N–H and O–H groups in total. The van der Waals surface area contributed by atoms with Gasteiger partial charge in [0.2, 0.25) is 0 Å². The van der Waals surface area contributed by atoms with Crippen molar-refractivity contribution in [1.29, 1.82) is 0 Å². The predicted octanol–water partition coefficient (Wildman–Crippen LogP) is 7.10. The second-order valence-corrected chi connectivity index (χ2v) is 10.8. The highest BCUT2D eigenvalue weighted by Crippen LogP contribution is 2.49. The lowest BCUT2D eigenvalue weighted by atomic mass is 9.88. The van der Waals surface area contributed by atoms with Crippen LogP contribution in [0.3, 0.4) is 0 Å². The van der Waals surface area contributed by atoms with Crippen molar-refractivity contribution in [2.75, 3.05) is 34.4 Å². The van der Waals surface area contributed by atoms with Gasteiger partial charge in [0.25, 0.3) is 0 Å². The molecule has 1 unspecified atom stereocenters. The molecule has 0 amide bonds. The molecule has 1 atom stereocenters. The van der Waals surface area contributed by atoms with Gasteiger partial charge in [-0.05, 0) is 77.4 Å². The first-order chi connectivity index (χ1) is 18.5. The van der Waals surface area contributed by atoms with E-state index in [0.29, 0.717) is 0 Å². The third-order valence-corrected chi connectivity index (χ3v) is 8.15. The number of hydrogen-bond donors (Lipinski definition) is 0. The van der Waals surface area contributed by atoms with Crippen molar-refractivity contribution >= 4 is 40.3 Å². The Morgan fingerprint density at radius 1 is 0.895 bits per heavy atom. The second-order valence-electron chi connectivity index (χ2n) is 9.56. The Hall–Kier alpha value is -3.45. The van der Waals surface area contributed by atoms with Gasteiger partial charge in [-0.2, -0.15) is 0 Å². The Morgan fingerprint density at radius 3 is 2.21 bits per heavy atom. The van der Waals surface area contributed by atoms with E-state index in [9.17, 15) is 0 Å². The number of amidine groups is 1. The maximum atomic E-state index is 6.22. The van der Waals surface area contributed by atoms with Crippen LogP contribution in [-0.2, 0) is 0 Å². The molecule has 3 heterocycles. The summed E-state index contributed by atoms with van der Waals surface area (Å²) < 4.78 is 10.8. The maximum Gasteiger partial charge on any atom is 0.174 e.